The molecule has 0 bridgehead atoms. The molecule has 1 unspecified atom stereocenters. The Morgan fingerprint density at radius 3 is 2.82 bits per heavy atom. The summed E-state index contributed by atoms with van der Waals surface area (Å²) in [4.78, 5) is 11.3. The van der Waals surface area contributed by atoms with Crippen LogP contribution < -0.4 is 0 Å². The van der Waals surface area contributed by atoms with Gasteiger partial charge in [0.15, 0.2) is 0 Å². The molecule has 0 aromatic rings. The van der Waals surface area contributed by atoms with Crippen molar-refractivity contribution in [1.29, 1.82) is 0 Å². The molecule has 0 aromatic carbocycles. The first-order valence-electron chi connectivity index (χ1n) is 4.21. The second-order valence-corrected chi connectivity index (χ2v) is 3.58. The molecule has 1 fully saturated rings. The third-order valence-corrected chi connectivity index (χ3v) is 2.66. The fourth-order valence-electron chi connectivity index (χ4n) is 1.67. The minimum atomic E-state index is -0.0595. The third-order valence-electron chi connectivity index (χ3n) is 2.66. The van der Waals surface area contributed by atoms with Gasteiger partial charge >= 0.3 is 0 Å². The second kappa shape index (κ2) is 3.35. The normalized spacial score (nSPS) is 31.3. The highest BCUT2D eigenvalue weighted by molar-refractivity contribution is 5.86. The lowest BCUT2D eigenvalue weighted by Gasteiger charge is -2.20. The van der Waals surface area contributed by atoms with Crippen LogP contribution in [-0.4, -0.2) is 19.5 Å². The molecular formula is C9H16O2. The Morgan fingerprint density at radius 2 is 2.36 bits per heavy atom. The van der Waals surface area contributed by atoms with E-state index in [1.165, 1.54) is 0 Å². The fraction of sp³-hybridized carbons (Fsp3) is 0.889. The molecule has 0 N–H and O–H groups in total. The van der Waals surface area contributed by atoms with Gasteiger partial charge in [0.25, 0.3) is 0 Å². The van der Waals surface area contributed by atoms with Gasteiger partial charge in [0.2, 0.25) is 0 Å². The molecule has 11 heavy (non-hydrogen) atoms. The Bertz CT molecular complexity index is 154. The van der Waals surface area contributed by atoms with Gasteiger partial charge in [-0.2, -0.15) is 0 Å². The molecule has 64 valence electrons. The maximum atomic E-state index is 11.3. The number of rotatable bonds is 3. The number of carbonyl (C=O) groups is 1. The van der Waals surface area contributed by atoms with Crippen molar-refractivity contribution in [1.82, 2.24) is 0 Å². The molecule has 2 heteroatoms. The van der Waals surface area contributed by atoms with Crippen LogP contribution in [0.2, 0.25) is 0 Å². The summed E-state index contributed by atoms with van der Waals surface area (Å²) in [5, 5.41) is 0. The van der Waals surface area contributed by atoms with Crippen molar-refractivity contribution >= 4 is 5.78 Å². The highest BCUT2D eigenvalue weighted by Crippen LogP contribution is 2.37. The monoisotopic (exact) mass is 156 g/mol. The minimum Gasteiger partial charge on any atom is -0.385 e. The van der Waals surface area contributed by atoms with Crippen molar-refractivity contribution in [2.45, 2.75) is 32.6 Å². The number of hydrogen-bond donors (Lipinski definition) is 0. The average molecular weight is 156 g/mol. The van der Waals surface area contributed by atoms with Crippen molar-refractivity contribution in [3.8, 4) is 0 Å². The molecule has 1 atom stereocenters. The maximum Gasteiger partial charge on any atom is 0.138 e. The lowest BCUT2D eigenvalue weighted by Crippen LogP contribution is -2.23. The zero-order chi connectivity index (χ0) is 8.32. The van der Waals surface area contributed by atoms with E-state index in [9.17, 15) is 4.79 Å². The van der Waals surface area contributed by atoms with Crippen molar-refractivity contribution in [2.24, 2.45) is 5.41 Å². The predicted octanol–water partition coefficient (Wildman–Crippen LogP) is 1.78. The second-order valence-electron chi connectivity index (χ2n) is 3.58. The summed E-state index contributed by atoms with van der Waals surface area (Å²) in [5.41, 5.74) is -0.0595. The van der Waals surface area contributed by atoms with Crippen LogP contribution in [0.1, 0.15) is 32.6 Å². The Hall–Kier alpha value is -0.370. The standard InChI is InChI=1S/C9H16O2/c1-9(6-7-11-2)5-3-4-8(9)10/h3-7H2,1-2H3. The van der Waals surface area contributed by atoms with Gasteiger partial charge in [0.1, 0.15) is 5.78 Å². The van der Waals surface area contributed by atoms with E-state index in [4.69, 9.17) is 4.74 Å². The summed E-state index contributed by atoms with van der Waals surface area (Å²) in [5.74, 6) is 0.426. The van der Waals surface area contributed by atoms with E-state index in [0.29, 0.717) is 12.4 Å². The van der Waals surface area contributed by atoms with Gasteiger partial charge in [-0.3, -0.25) is 4.79 Å². The van der Waals surface area contributed by atoms with Crippen LogP contribution in [0.5, 0.6) is 0 Å². The van der Waals surface area contributed by atoms with Crippen LogP contribution in [0.15, 0.2) is 0 Å². The highest BCUT2D eigenvalue weighted by atomic mass is 16.5. The van der Waals surface area contributed by atoms with E-state index < -0.39 is 0 Å². The molecule has 1 saturated carbocycles. The molecule has 0 saturated heterocycles. The van der Waals surface area contributed by atoms with Crippen LogP contribution in [0.3, 0.4) is 0 Å². The Labute approximate surface area is 67.9 Å². The first-order valence-corrected chi connectivity index (χ1v) is 4.21. The van der Waals surface area contributed by atoms with Gasteiger partial charge in [-0.25, -0.2) is 0 Å². The molecule has 0 aromatic heterocycles. The molecular weight excluding hydrogens is 140 g/mol. The molecule has 1 aliphatic rings. The molecule has 1 aliphatic carbocycles. The molecule has 2 nitrogen and oxygen atoms in total. The number of carbonyl (C=O) groups excluding carboxylic acids is 1. The molecule has 0 heterocycles. The lowest BCUT2D eigenvalue weighted by atomic mass is 9.85. The van der Waals surface area contributed by atoms with Gasteiger partial charge in [0, 0.05) is 25.6 Å². The molecule has 0 aliphatic heterocycles. The van der Waals surface area contributed by atoms with Crippen molar-refractivity contribution in [2.75, 3.05) is 13.7 Å². The van der Waals surface area contributed by atoms with E-state index in [-0.39, 0.29) is 5.41 Å². The Kier molecular flexibility index (Phi) is 2.66. The quantitative estimate of drug-likeness (QED) is 0.622. The SMILES string of the molecule is COCCC1(C)CCCC1=O. The Morgan fingerprint density at radius 1 is 1.64 bits per heavy atom. The molecule has 0 spiro atoms. The van der Waals surface area contributed by atoms with Crippen LogP contribution in [-0.2, 0) is 9.53 Å². The van der Waals surface area contributed by atoms with Crippen molar-refractivity contribution in [3.63, 3.8) is 0 Å². The first-order chi connectivity index (χ1) is 5.19. The van der Waals surface area contributed by atoms with Gasteiger partial charge in [-0.15, -0.1) is 0 Å². The molecule has 1 rings (SSSR count). The van der Waals surface area contributed by atoms with Crippen molar-refractivity contribution < 1.29 is 9.53 Å². The lowest BCUT2D eigenvalue weighted by molar-refractivity contribution is -0.125. The van der Waals surface area contributed by atoms with E-state index in [2.05, 4.69) is 6.92 Å². The number of Topliss-reactive ketones (excluding diaryl/α,β-unsaturated/α-hetero) is 1. The summed E-state index contributed by atoms with van der Waals surface area (Å²) < 4.78 is 4.97. The number of ketones is 1. The van der Waals surface area contributed by atoms with Crippen LogP contribution in [0.4, 0.5) is 0 Å². The van der Waals surface area contributed by atoms with Gasteiger partial charge in [-0.05, 0) is 19.3 Å². The summed E-state index contributed by atoms with van der Waals surface area (Å²) in [7, 11) is 1.68. The third kappa shape index (κ3) is 1.80. The van der Waals surface area contributed by atoms with E-state index in [1.807, 2.05) is 0 Å². The predicted molar refractivity (Wildman–Crippen MR) is 43.5 cm³/mol. The smallest absolute Gasteiger partial charge is 0.138 e. The van der Waals surface area contributed by atoms with E-state index >= 15 is 0 Å². The van der Waals surface area contributed by atoms with Crippen molar-refractivity contribution in [3.05, 3.63) is 0 Å². The summed E-state index contributed by atoms with van der Waals surface area (Å²) in [6.45, 7) is 2.77. The van der Waals surface area contributed by atoms with Crippen LogP contribution in [0, 0.1) is 5.41 Å². The topological polar surface area (TPSA) is 26.3 Å². The minimum absolute atomic E-state index is 0.0595. The average Bonchev–Trinajstić information content (AvgIpc) is 2.30. The number of methoxy groups -OCH3 is 1. The zero-order valence-electron chi connectivity index (χ0n) is 7.35. The summed E-state index contributed by atoms with van der Waals surface area (Å²) in [6, 6.07) is 0. The zero-order valence-corrected chi connectivity index (χ0v) is 7.35. The number of ether oxygens (including phenoxy) is 1. The van der Waals surface area contributed by atoms with Crippen LogP contribution >= 0.6 is 0 Å². The van der Waals surface area contributed by atoms with E-state index in [0.717, 1.165) is 25.7 Å². The maximum absolute atomic E-state index is 11.3. The van der Waals surface area contributed by atoms with Gasteiger partial charge < -0.3 is 4.74 Å². The van der Waals surface area contributed by atoms with Crippen LogP contribution in [0.25, 0.3) is 0 Å². The largest absolute Gasteiger partial charge is 0.385 e. The summed E-state index contributed by atoms with van der Waals surface area (Å²) in [6.07, 6.45) is 3.79. The van der Waals surface area contributed by atoms with Gasteiger partial charge in [0.05, 0.1) is 0 Å². The summed E-state index contributed by atoms with van der Waals surface area (Å²) >= 11 is 0. The van der Waals surface area contributed by atoms with Gasteiger partial charge in [-0.1, -0.05) is 6.92 Å². The highest BCUT2D eigenvalue weighted by Gasteiger charge is 2.36. The first kappa shape index (κ1) is 8.72. The van der Waals surface area contributed by atoms with E-state index in [1.54, 1.807) is 7.11 Å². The Balaban J connectivity index is 2.44. The number of hydrogen-bond acceptors (Lipinski definition) is 2. The fourth-order valence-corrected chi connectivity index (χ4v) is 1.67. The molecule has 0 amide bonds. The molecule has 0 radical (unpaired) electrons.